The number of nitrogens with zero attached hydrogens (tertiary/aromatic N) is 1. The maximum absolute atomic E-state index is 12.9. The zero-order chi connectivity index (χ0) is 23.1. The van der Waals surface area contributed by atoms with Gasteiger partial charge in [0.05, 0.1) is 25.2 Å². The number of rotatable bonds is 9. The highest BCUT2D eigenvalue weighted by Gasteiger charge is 2.32. The van der Waals surface area contributed by atoms with E-state index in [1.165, 1.54) is 23.5 Å². The summed E-state index contributed by atoms with van der Waals surface area (Å²) in [7, 11) is -0.480. The van der Waals surface area contributed by atoms with Crippen LogP contribution >= 0.6 is 0 Å². The Kier molecular flexibility index (Phi) is 7.98. The molecule has 1 unspecified atom stereocenters. The largest absolute Gasteiger partial charge is 0.497 e. The number of amides is 1. The van der Waals surface area contributed by atoms with Crippen LogP contribution in [-0.2, 0) is 14.8 Å². The van der Waals surface area contributed by atoms with E-state index in [0.717, 1.165) is 0 Å². The van der Waals surface area contributed by atoms with Crippen molar-refractivity contribution in [3.05, 3.63) is 48.5 Å². The van der Waals surface area contributed by atoms with Gasteiger partial charge in [-0.2, -0.15) is 4.31 Å². The molecular weight excluding hydrogens is 432 g/mol. The van der Waals surface area contributed by atoms with Crippen LogP contribution in [0.5, 0.6) is 17.2 Å². The van der Waals surface area contributed by atoms with Crippen molar-refractivity contribution in [2.24, 2.45) is 5.92 Å². The van der Waals surface area contributed by atoms with E-state index in [1.807, 2.05) is 31.2 Å². The van der Waals surface area contributed by atoms with E-state index in [0.29, 0.717) is 49.8 Å². The SMILES string of the molecule is COc1ccc(S(=O)(=O)N2CCC(C(=O)NC(C)COc3ccccc3OC)CC2)cc1. The topological polar surface area (TPSA) is 94.2 Å². The van der Waals surface area contributed by atoms with Crippen LogP contribution in [0, 0.1) is 5.92 Å². The first kappa shape index (κ1) is 23.9. The molecule has 3 rings (SSSR count). The smallest absolute Gasteiger partial charge is 0.243 e. The third-order valence-corrected chi connectivity index (χ3v) is 7.38. The van der Waals surface area contributed by atoms with Gasteiger partial charge in [-0.05, 0) is 56.2 Å². The molecule has 1 atom stereocenters. The van der Waals surface area contributed by atoms with Crippen LogP contribution in [0.25, 0.3) is 0 Å². The fourth-order valence-corrected chi connectivity index (χ4v) is 5.08. The lowest BCUT2D eigenvalue weighted by atomic mass is 9.97. The van der Waals surface area contributed by atoms with Gasteiger partial charge in [0.15, 0.2) is 11.5 Å². The van der Waals surface area contributed by atoms with E-state index >= 15 is 0 Å². The molecule has 1 N–H and O–H groups in total. The van der Waals surface area contributed by atoms with E-state index in [2.05, 4.69) is 5.32 Å². The molecule has 174 valence electrons. The van der Waals surface area contributed by atoms with Crippen molar-refractivity contribution in [2.75, 3.05) is 33.9 Å². The summed E-state index contributed by atoms with van der Waals surface area (Å²) in [5.41, 5.74) is 0. The van der Waals surface area contributed by atoms with Gasteiger partial charge in [0.25, 0.3) is 0 Å². The minimum atomic E-state index is -3.59. The fourth-order valence-electron chi connectivity index (χ4n) is 3.61. The monoisotopic (exact) mass is 462 g/mol. The van der Waals surface area contributed by atoms with Gasteiger partial charge in [-0.15, -0.1) is 0 Å². The highest BCUT2D eigenvalue weighted by atomic mass is 32.2. The molecule has 32 heavy (non-hydrogen) atoms. The predicted octanol–water partition coefficient (Wildman–Crippen LogP) is 2.69. The van der Waals surface area contributed by atoms with Gasteiger partial charge in [-0.25, -0.2) is 8.42 Å². The van der Waals surface area contributed by atoms with Crippen LogP contribution in [0.1, 0.15) is 19.8 Å². The molecule has 0 bridgehead atoms. The third-order valence-electron chi connectivity index (χ3n) is 5.47. The van der Waals surface area contributed by atoms with Crippen LogP contribution in [0.15, 0.2) is 53.4 Å². The summed E-state index contributed by atoms with van der Waals surface area (Å²) in [6.45, 7) is 2.78. The molecule has 0 radical (unpaired) electrons. The molecule has 2 aromatic carbocycles. The Morgan fingerprint density at radius 2 is 1.66 bits per heavy atom. The summed E-state index contributed by atoms with van der Waals surface area (Å²) in [5, 5.41) is 2.97. The van der Waals surface area contributed by atoms with Crippen molar-refractivity contribution in [1.29, 1.82) is 0 Å². The number of para-hydroxylation sites is 2. The Morgan fingerprint density at radius 1 is 1.03 bits per heavy atom. The number of ether oxygens (including phenoxy) is 3. The normalized spacial score (nSPS) is 16.2. The zero-order valence-corrected chi connectivity index (χ0v) is 19.4. The van der Waals surface area contributed by atoms with Crippen LogP contribution in [-0.4, -0.2) is 58.6 Å². The lowest BCUT2D eigenvalue weighted by molar-refractivity contribution is -0.126. The first-order chi connectivity index (χ1) is 15.3. The van der Waals surface area contributed by atoms with Crippen molar-refractivity contribution >= 4 is 15.9 Å². The van der Waals surface area contributed by atoms with Gasteiger partial charge in [-0.3, -0.25) is 4.79 Å². The Bertz CT molecular complexity index is 1000. The molecule has 1 aliphatic rings. The summed E-state index contributed by atoms with van der Waals surface area (Å²) < 4.78 is 43.3. The van der Waals surface area contributed by atoms with Gasteiger partial charge in [0.1, 0.15) is 12.4 Å². The van der Waals surface area contributed by atoms with Crippen molar-refractivity contribution in [1.82, 2.24) is 9.62 Å². The summed E-state index contributed by atoms with van der Waals surface area (Å²) in [5.74, 6) is 1.54. The summed E-state index contributed by atoms with van der Waals surface area (Å²) in [6, 6.07) is 13.5. The first-order valence-corrected chi connectivity index (χ1v) is 12.0. The summed E-state index contributed by atoms with van der Waals surface area (Å²) >= 11 is 0. The van der Waals surface area contributed by atoms with Gasteiger partial charge >= 0.3 is 0 Å². The van der Waals surface area contributed by atoms with Gasteiger partial charge in [-0.1, -0.05) is 12.1 Å². The number of benzene rings is 2. The predicted molar refractivity (Wildman–Crippen MR) is 121 cm³/mol. The van der Waals surface area contributed by atoms with Crippen LogP contribution in [0.2, 0.25) is 0 Å². The highest BCUT2D eigenvalue weighted by Crippen LogP contribution is 2.27. The second-order valence-corrected chi connectivity index (χ2v) is 9.66. The summed E-state index contributed by atoms with van der Waals surface area (Å²) in [6.07, 6.45) is 0.947. The van der Waals surface area contributed by atoms with E-state index in [-0.39, 0.29) is 22.8 Å². The first-order valence-electron chi connectivity index (χ1n) is 10.6. The zero-order valence-electron chi connectivity index (χ0n) is 18.6. The Labute approximate surface area is 189 Å². The molecule has 0 saturated carbocycles. The molecule has 1 fully saturated rings. The quantitative estimate of drug-likeness (QED) is 0.616. The maximum atomic E-state index is 12.9. The number of sulfonamides is 1. The average molecular weight is 463 g/mol. The highest BCUT2D eigenvalue weighted by molar-refractivity contribution is 7.89. The van der Waals surface area contributed by atoms with Gasteiger partial charge in [0, 0.05) is 19.0 Å². The standard InChI is InChI=1S/C23H30N2O6S/c1-17(16-31-22-7-5-4-6-21(22)30-3)24-23(26)18-12-14-25(15-13-18)32(27,28)20-10-8-19(29-2)9-11-20/h4-11,17-18H,12-16H2,1-3H3,(H,24,26). The molecule has 1 heterocycles. The second kappa shape index (κ2) is 10.7. The lowest BCUT2D eigenvalue weighted by Crippen LogP contribution is -2.45. The molecule has 2 aromatic rings. The molecule has 0 aliphatic carbocycles. The van der Waals surface area contributed by atoms with Gasteiger partial charge < -0.3 is 19.5 Å². The van der Waals surface area contributed by atoms with Crippen molar-refractivity contribution in [2.45, 2.75) is 30.7 Å². The number of piperidine rings is 1. The van der Waals surface area contributed by atoms with Gasteiger partial charge in [0.2, 0.25) is 15.9 Å². The minimum absolute atomic E-state index is 0.0809. The number of carbonyl (C=O) groups is 1. The van der Waals surface area contributed by atoms with Crippen molar-refractivity contribution in [3.8, 4) is 17.2 Å². The average Bonchev–Trinajstić information content (AvgIpc) is 2.83. The van der Waals surface area contributed by atoms with Crippen molar-refractivity contribution < 1.29 is 27.4 Å². The number of methoxy groups -OCH3 is 2. The maximum Gasteiger partial charge on any atom is 0.243 e. The number of hydrogen-bond donors (Lipinski definition) is 1. The lowest BCUT2D eigenvalue weighted by Gasteiger charge is -2.31. The van der Waals surface area contributed by atoms with Crippen molar-refractivity contribution in [3.63, 3.8) is 0 Å². The van der Waals surface area contributed by atoms with E-state index in [9.17, 15) is 13.2 Å². The molecule has 1 saturated heterocycles. The van der Waals surface area contributed by atoms with Crippen LogP contribution in [0.4, 0.5) is 0 Å². The Balaban J connectivity index is 1.49. The molecule has 8 nitrogen and oxygen atoms in total. The Hall–Kier alpha value is -2.78. The summed E-state index contributed by atoms with van der Waals surface area (Å²) in [4.78, 5) is 12.9. The Morgan fingerprint density at radius 3 is 2.25 bits per heavy atom. The number of carbonyl (C=O) groups excluding carboxylic acids is 1. The fraction of sp³-hybridized carbons (Fsp3) is 0.435. The molecule has 9 heteroatoms. The number of hydrogen-bond acceptors (Lipinski definition) is 6. The van der Waals surface area contributed by atoms with E-state index in [4.69, 9.17) is 14.2 Å². The van der Waals surface area contributed by atoms with E-state index < -0.39 is 10.0 Å². The van der Waals surface area contributed by atoms with Crippen LogP contribution in [0.3, 0.4) is 0 Å². The molecule has 1 amide bonds. The minimum Gasteiger partial charge on any atom is -0.497 e. The molecule has 0 spiro atoms. The second-order valence-electron chi connectivity index (χ2n) is 7.73. The molecular formula is C23H30N2O6S. The molecule has 1 aliphatic heterocycles. The molecule has 0 aromatic heterocycles. The third kappa shape index (κ3) is 5.72. The van der Waals surface area contributed by atoms with Crippen LogP contribution < -0.4 is 19.5 Å². The van der Waals surface area contributed by atoms with E-state index in [1.54, 1.807) is 19.2 Å². The number of nitrogens with one attached hydrogen (secondary N) is 1.